The Labute approximate surface area is 214 Å². The van der Waals surface area contributed by atoms with Gasteiger partial charge in [0.05, 0.1) is 23.4 Å². The minimum atomic E-state index is -0.519. The van der Waals surface area contributed by atoms with E-state index in [0.29, 0.717) is 52.9 Å². The minimum Gasteiger partial charge on any atom is -0.496 e. The van der Waals surface area contributed by atoms with Gasteiger partial charge in [0.1, 0.15) is 11.3 Å². The number of halogens is 1. The van der Waals surface area contributed by atoms with E-state index < -0.39 is 5.54 Å². The number of para-hydroxylation sites is 1. The van der Waals surface area contributed by atoms with Gasteiger partial charge in [-0.1, -0.05) is 49.1 Å². The van der Waals surface area contributed by atoms with Crippen molar-refractivity contribution in [3.8, 4) is 5.75 Å². The number of carbonyl (C=O) groups excluding carboxylic acids is 2. The first-order chi connectivity index (χ1) is 17.5. The summed E-state index contributed by atoms with van der Waals surface area (Å²) in [6, 6.07) is 11.5. The molecule has 2 saturated carbocycles. The molecule has 0 unspecified atom stereocenters. The topological polar surface area (TPSA) is 83.8 Å². The maximum atomic E-state index is 13.5. The van der Waals surface area contributed by atoms with Crippen molar-refractivity contribution in [3.05, 3.63) is 58.3 Å². The first-order valence-electron chi connectivity index (χ1n) is 12.8. The summed E-state index contributed by atoms with van der Waals surface area (Å²) in [7, 11) is 1.71. The number of rotatable bonds is 3. The number of furan rings is 1. The molecule has 3 atom stereocenters. The number of carbonyl (C=O) groups is 2. The quantitative estimate of drug-likeness (QED) is 0.466. The molecule has 36 heavy (non-hydrogen) atoms. The molecule has 1 aromatic heterocycles. The van der Waals surface area contributed by atoms with Crippen molar-refractivity contribution in [2.45, 2.75) is 43.6 Å². The number of anilines is 1. The van der Waals surface area contributed by atoms with E-state index in [1.807, 2.05) is 23.1 Å². The van der Waals surface area contributed by atoms with Crippen LogP contribution in [0.25, 0.3) is 11.0 Å². The van der Waals surface area contributed by atoms with E-state index in [9.17, 15) is 9.59 Å². The molecule has 4 aliphatic rings. The second-order valence-electron chi connectivity index (χ2n) is 10.7. The fourth-order valence-corrected chi connectivity index (χ4v) is 7.30. The Morgan fingerprint density at radius 3 is 2.64 bits per heavy atom. The summed E-state index contributed by atoms with van der Waals surface area (Å²) in [6.07, 6.45) is 4.83. The number of hydrogen-bond donors (Lipinski definition) is 2. The zero-order chi connectivity index (χ0) is 24.6. The largest absolute Gasteiger partial charge is 0.496 e. The molecular formula is C28H28ClN3O4. The Balaban J connectivity index is 1.19. The Hall–Kier alpha value is -3.19. The van der Waals surface area contributed by atoms with Crippen LogP contribution < -0.4 is 15.4 Å². The highest BCUT2D eigenvalue weighted by Gasteiger charge is 2.58. The Bertz CT molecular complexity index is 1400. The number of fused-ring (bicyclic) bond motifs is 5. The maximum absolute atomic E-state index is 13.5. The second-order valence-corrected chi connectivity index (χ2v) is 11.1. The third-order valence-corrected chi connectivity index (χ3v) is 9.02. The van der Waals surface area contributed by atoms with Crippen LogP contribution in [-0.4, -0.2) is 37.0 Å². The zero-order valence-electron chi connectivity index (χ0n) is 20.1. The Morgan fingerprint density at radius 2 is 1.89 bits per heavy atom. The lowest BCUT2D eigenvalue weighted by Crippen LogP contribution is -2.52. The summed E-state index contributed by atoms with van der Waals surface area (Å²) in [5.41, 5.74) is 2.84. The Kier molecular flexibility index (Phi) is 4.84. The molecule has 2 aliphatic heterocycles. The maximum Gasteiger partial charge on any atom is 0.319 e. The number of nitrogens with one attached hydrogen (secondary N) is 2. The molecule has 1 spiro atoms. The smallest absolute Gasteiger partial charge is 0.319 e. The van der Waals surface area contributed by atoms with E-state index in [-0.39, 0.29) is 11.9 Å². The lowest BCUT2D eigenvalue weighted by molar-refractivity contribution is 0.0743. The molecule has 3 fully saturated rings. The summed E-state index contributed by atoms with van der Waals surface area (Å²) in [6.45, 7) is 1.42. The number of ether oxygens (including phenoxy) is 1. The van der Waals surface area contributed by atoms with Crippen LogP contribution in [0.2, 0.25) is 5.02 Å². The van der Waals surface area contributed by atoms with Crippen LogP contribution in [0.3, 0.4) is 0 Å². The first-order valence-corrected chi connectivity index (χ1v) is 13.1. The molecule has 7 nitrogen and oxygen atoms in total. The van der Waals surface area contributed by atoms with Crippen molar-refractivity contribution in [3.63, 3.8) is 0 Å². The van der Waals surface area contributed by atoms with Crippen LogP contribution in [0.15, 0.2) is 40.8 Å². The summed E-state index contributed by atoms with van der Waals surface area (Å²) in [5.74, 6) is 2.49. The number of urea groups is 1. The predicted molar refractivity (Wildman–Crippen MR) is 137 cm³/mol. The number of methoxy groups -OCH3 is 1. The lowest BCUT2D eigenvalue weighted by atomic mass is 9.74. The summed E-state index contributed by atoms with van der Waals surface area (Å²) < 4.78 is 11.9. The minimum absolute atomic E-state index is 0.0902. The summed E-state index contributed by atoms with van der Waals surface area (Å²) >= 11 is 6.64. The molecule has 3 aromatic rings. The van der Waals surface area contributed by atoms with Gasteiger partial charge in [-0.25, -0.2) is 4.79 Å². The number of nitrogens with zero attached hydrogens (tertiary/aromatic N) is 1. The van der Waals surface area contributed by atoms with Crippen LogP contribution in [0, 0.1) is 11.8 Å². The lowest BCUT2D eigenvalue weighted by Gasteiger charge is -2.42. The van der Waals surface area contributed by atoms with Crippen molar-refractivity contribution in [1.82, 2.24) is 10.2 Å². The summed E-state index contributed by atoms with van der Waals surface area (Å²) in [5, 5.41) is 7.31. The predicted octanol–water partition coefficient (Wildman–Crippen LogP) is 5.87. The average molecular weight is 506 g/mol. The molecule has 8 heteroatoms. The Morgan fingerprint density at radius 1 is 1.14 bits per heavy atom. The van der Waals surface area contributed by atoms with E-state index in [1.165, 1.54) is 5.56 Å². The van der Waals surface area contributed by atoms with Gasteiger partial charge in [0.2, 0.25) is 0 Å². The fourth-order valence-electron chi connectivity index (χ4n) is 7.04. The number of piperidine rings is 1. The van der Waals surface area contributed by atoms with Gasteiger partial charge >= 0.3 is 6.03 Å². The zero-order valence-corrected chi connectivity index (χ0v) is 20.9. The third-order valence-electron chi connectivity index (χ3n) is 8.73. The average Bonchev–Trinajstić information content (AvgIpc) is 3.18. The summed E-state index contributed by atoms with van der Waals surface area (Å²) in [4.78, 5) is 27.9. The number of amides is 3. The molecule has 186 valence electrons. The highest BCUT2D eigenvalue weighted by Crippen LogP contribution is 2.60. The van der Waals surface area contributed by atoms with E-state index in [1.54, 1.807) is 19.2 Å². The number of likely N-dealkylation sites (tertiary alicyclic amines) is 1. The molecule has 7 rings (SSSR count). The van der Waals surface area contributed by atoms with Crippen molar-refractivity contribution < 1.29 is 18.7 Å². The van der Waals surface area contributed by atoms with Gasteiger partial charge in [-0.15, -0.1) is 0 Å². The van der Waals surface area contributed by atoms with Crippen molar-refractivity contribution in [1.29, 1.82) is 0 Å². The van der Waals surface area contributed by atoms with Crippen LogP contribution in [0.4, 0.5) is 10.5 Å². The van der Waals surface area contributed by atoms with Crippen molar-refractivity contribution >= 4 is 40.2 Å². The molecular weight excluding hydrogens is 478 g/mol. The van der Waals surface area contributed by atoms with Crippen LogP contribution in [0.5, 0.6) is 5.75 Å². The van der Waals surface area contributed by atoms with Gasteiger partial charge in [0, 0.05) is 24.0 Å². The number of hydrogen-bond acceptors (Lipinski definition) is 4. The van der Waals surface area contributed by atoms with E-state index in [2.05, 4.69) is 16.7 Å². The van der Waals surface area contributed by atoms with E-state index in [4.69, 9.17) is 20.8 Å². The number of benzene rings is 2. The van der Waals surface area contributed by atoms with Crippen LogP contribution >= 0.6 is 11.6 Å². The standard InChI is InChI=1S/C28H28ClN3O4/c1-35-20-8-4-3-7-16(20)22-17-13-32(14-18(17)22)26(33)21-12-15-11-19(29)24-23(25(15)36-21)28(31-27(34)30-24)9-5-2-6-10-28/h3-4,7-8,11-12,17-18,22H,2,5-6,9-10,13-14H2,1H3,(H2,30,31,34)/t17-,18+,22+. The van der Waals surface area contributed by atoms with Crippen molar-refractivity contribution in [2.24, 2.45) is 11.8 Å². The van der Waals surface area contributed by atoms with Crippen LogP contribution in [0.1, 0.15) is 59.7 Å². The molecule has 3 heterocycles. The SMILES string of the molecule is COc1ccccc1[C@H]1[C@@H]2CN(C(=O)c3cc4cc(Cl)c5c(c4o3)C3(CCCCC3)NC(=O)N5)C[C@@H]21. The van der Waals surface area contributed by atoms with Gasteiger partial charge in [-0.3, -0.25) is 4.79 Å². The normalized spacial score (nSPS) is 25.8. The highest BCUT2D eigenvalue weighted by atomic mass is 35.5. The molecule has 2 N–H and O–H groups in total. The molecule has 1 saturated heterocycles. The van der Waals surface area contributed by atoms with Gasteiger partial charge < -0.3 is 24.7 Å². The van der Waals surface area contributed by atoms with Gasteiger partial charge in [0.25, 0.3) is 5.91 Å². The molecule has 0 bridgehead atoms. The third kappa shape index (κ3) is 3.18. The first kappa shape index (κ1) is 22.0. The van der Waals surface area contributed by atoms with Crippen LogP contribution in [-0.2, 0) is 5.54 Å². The fraction of sp³-hybridized carbons (Fsp3) is 0.429. The van der Waals surface area contributed by atoms with E-state index in [0.717, 1.165) is 48.8 Å². The molecule has 2 aromatic carbocycles. The van der Waals surface area contributed by atoms with Gasteiger partial charge in [0.15, 0.2) is 5.76 Å². The highest BCUT2D eigenvalue weighted by molar-refractivity contribution is 6.35. The van der Waals surface area contributed by atoms with Crippen molar-refractivity contribution in [2.75, 3.05) is 25.5 Å². The van der Waals surface area contributed by atoms with Gasteiger partial charge in [-0.2, -0.15) is 0 Å². The monoisotopic (exact) mass is 505 g/mol. The second kappa shape index (κ2) is 7.90. The van der Waals surface area contributed by atoms with E-state index >= 15 is 0 Å². The molecule has 3 amide bonds. The molecule has 2 aliphatic carbocycles. The molecule has 0 radical (unpaired) electrons. The van der Waals surface area contributed by atoms with Gasteiger partial charge in [-0.05, 0) is 54.4 Å².